The highest BCUT2D eigenvalue weighted by Gasteiger charge is 2.45. The van der Waals surface area contributed by atoms with Gasteiger partial charge in [0.25, 0.3) is 0 Å². The first-order chi connectivity index (χ1) is 60.2. The van der Waals surface area contributed by atoms with E-state index in [0.29, 0.717) is 142 Å². The molecule has 0 spiro atoms. The molecule has 2 fully saturated rings. The van der Waals surface area contributed by atoms with Gasteiger partial charge in [0, 0.05) is 254 Å². The molecule has 1 aromatic carbocycles. The Morgan fingerprint density at radius 1 is 0.256 bits per heavy atom. The van der Waals surface area contributed by atoms with Crippen LogP contribution in [0.3, 0.4) is 0 Å². The lowest BCUT2D eigenvalue weighted by Crippen LogP contribution is -2.56. The summed E-state index contributed by atoms with van der Waals surface area (Å²) in [6, 6.07) is 14.4. The van der Waals surface area contributed by atoms with Crippen LogP contribution in [0.5, 0.6) is 0 Å². The molecule has 47 heteroatoms. The molecule has 0 aliphatic heterocycles. The van der Waals surface area contributed by atoms with Crippen LogP contribution < -0.4 is 61.0 Å². The van der Waals surface area contributed by atoms with E-state index in [0.717, 1.165) is 87.9 Å². The van der Waals surface area contributed by atoms with Crippen LogP contribution in [0.4, 0.5) is 5.69 Å². The highest BCUT2D eigenvalue weighted by molar-refractivity contribution is 6.63. The van der Waals surface area contributed by atoms with Gasteiger partial charge >= 0.3 is 79.2 Å². The zero-order valence-corrected chi connectivity index (χ0v) is 92.4. The molecule has 0 aromatic heterocycles. The standard InChI is InChI=1S/C13H29NO3Si.C11H28N2O3Si.C10H23NO3Si.C10H17NO3Si.C9H23NO3Si.C8H22N2O3Si.C7H19NO3Si.C6H17NO3Si.C4H13NO3Si/c1-4-15-18(16-5-2,17-6-3)12-14-13-10-8-7-9-11-13;1-4-14-17(15-5-2,16-6-3)11-7-9-13-10-8-12;2*1-12-15(13-2,14-3)9-11-10-7-5-4-6-8-10;1-4-11-14(12-5-2,13-6-3)9-7-8-10;1-11-14(12-2,13-3)8-4-6-10-7-5-9;1-4-9-12(7-8,10-5-2)11-6-3;1-8-11(9-2,10-3)6-4-5-7;1-6-9(4-5,7-2)8-3/h13-14H,4-12H2,1-3H3;13H,4-12H2,1-3H3;10-11H,4-9H2,1-3H3;4-8,11H,9H2,1-3H3;4-10H2,1-3H3;10H,4-9H2,1-3H3;4-8H2,1-3H3;4-7H2,1-3H3;4-5H2,1-3H3. The molecular formula is C78H191N11O27Si9. The van der Waals surface area contributed by atoms with Crippen molar-refractivity contribution in [2.24, 2.45) is 34.4 Å². The molecule has 2 aliphatic rings. The van der Waals surface area contributed by atoms with E-state index in [9.17, 15) is 0 Å². The fourth-order valence-corrected chi connectivity index (χ4v) is 29.2. The lowest BCUT2D eigenvalue weighted by atomic mass is 9.96. The Kier molecular flexibility index (Phi) is 98.7. The summed E-state index contributed by atoms with van der Waals surface area (Å²) in [6.45, 7) is 37.3. The Bertz CT molecular complexity index is 2220. The molecule has 0 saturated heterocycles. The van der Waals surface area contributed by atoms with Crippen LogP contribution in [-0.4, -0.2) is 360 Å². The van der Waals surface area contributed by atoms with Crippen LogP contribution in [0.25, 0.3) is 0 Å². The van der Waals surface area contributed by atoms with Crippen LogP contribution in [0.15, 0.2) is 30.3 Å². The van der Waals surface area contributed by atoms with Gasteiger partial charge in [-0.25, -0.2) is 0 Å². The van der Waals surface area contributed by atoms with E-state index < -0.39 is 79.2 Å². The van der Waals surface area contributed by atoms with Gasteiger partial charge in [0.15, 0.2) is 0 Å². The third kappa shape index (κ3) is 65.8. The second-order valence-corrected chi connectivity index (χ2v) is 52.8. The van der Waals surface area contributed by atoms with Crippen LogP contribution in [0.1, 0.15) is 173 Å². The molecule has 38 nitrogen and oxygen atoms in total. The molecule has 0 bridgehead atoms. The number of nitrogens with two attached hydrogens (primary N) is 6. The van der Waals surface area contributed by atoms with Crippen molar-refractivity contribution in [1.82, 2.24) is 21.3 Å². The second kappa shape index (κ2) is 91.3. The molecule has 17 N–H and O–H groups in total. The predicted octanol–water partition coefficient (Wildman–Crippen LogP) is 7.61. The van der Waals surface area contributed by atoms with Crippen molar-refractivity contribution in [3.63, 3.8) is 0 Å². The van der Waals surface area contributed by atoms with Gasteiger partial charge < -0.3 is 180 Å². The van der Waals surface area contributed by atoms with Crippen molar-refractivity contribution in [2.45, 2.75) is 209 Å². The summed E-state index contributed by atoms with van der Waals surface area (Å²) in [5.41, 5.74) is 33.5. The molecule has 3 rings (SSSR count). The Labute approximate surface area is 769 Å². The molecule has 0 radical (unpaired) electrons. The summed E-state index contributed by atoms with van der Waals surface area (Å²) in [5, 5.41) is 16.8. The van der Waals surface area contributed by atoms with Crippen LogP contribution in [0.2, 0.25) is 24.2 Å². The minimum atomic E-state index is -2.51. The number of rotatable bonds is 68. The first-order valence-corrected chi connectivity index (χ1v) is 62.4. The summed E-state index contributed by atoms with van der Waals surface area (Å²) in [4.78, 5) is 0. The summed E-state index contributed by atoms with van der Waals surface area (Å²) in [6.07, 6.45) is 19.6. The summed E-state index contributed by atoms with van der Waals surface area (Å²) >= 11 is 0. The zero-order valence-electron chi connectivity index (χ0n) is 83.4. The highest BCUT2D eigenvalue weighted by Crippen LogP contribution is 2.23. The van der Waals surface area contributed by atoms with Gasteiger partial charge in [-0.2, -0.15) is 0 Å². The predicted molar refractivity (Wildman–Crippen MR) is 519 cm³/mol. The van der Waals surface area contributed by atoms with Gasteiger partial charge in [0.05, 0.1) is 30.8 Å². The van der Waals surface area contributed by atoms with Gasteiger partial charge in [-0.05, 0) is 173 Å². The van der Waals surface area contributed by atoms with Crippen molar-refractivity contribution in [3.05, 3.63) is 30.3 Å². The third-order valence-corrected chi connectivity index (χ3v) is 43.8. The second-order valence-electron chi connectivity index (χ2n) is 27.0. The molecule has 756 valence electrons. The fraction of sp³-hybridized carbons (Fsp3) is 0.923. The molecule has 2 saturated carbocycles. The average Bonchev–Trinajstić information content (AvgIpc) is 0.881. The quantitative estimate of drug-likeness (QED) is 0.0221. The molecule has 0 heterocycles. The minimum Gasteiger partial charge on any atom is -0.381 e. The van der Waals surface area contributed by atoms with Crippen molar-refractivity contribution in [2.75, 3.05) is 274 Å². The lowest BCUT2D eigenvalue weighted by molar-refractivity contribution is 0.0683. The van der Waals surface area contributed by atoms with Crippen molar-refractivity contribution in [1.29, 1.82) is 0 Å². The number of benzene rings is 1. The van der Waals surface area contributed by atoms with Crippen LogP contribution in [-0.2, 0) is 120 Å². The average molecular weight is 1970 g/mol. The van der Waals surface area contributed by atoms with E-state index >= 15 is 0 Å². The molecule has 2 aliphatic carbocycles. The third-order valence-electron chi connectivity index (χ3n) is 18.9. The number of hydrogen-bond acceptors (Lipinski definition) is 38. The summed E-state index contributed by atoms with van der Waals surface area (Å²) in [7, 11) is 2.28. The van der Waals surface area contributed by atoms with Gasteiger partial charge in [0.1, 0.15) is 0 Å². The topological polar surface area (TPSA) is 465 Å². The number of para-hydroxylation sites is 1. The van der Waals surface area contributed by atoms with Gasteiger partial charge in [-0.1, -0.05) is 56.7 Å². The van der Waals surface area contributed by atoms with Crippen molar-refractivity contribution in [3.8, 4) is 0 Å². The lowest BCUT2D eigenvalue weighted by Gasteiger charge is -2.31. The van der Waals surface area contributed by atoms with E-state index in [4.69, 9.17) is 154 Å². The van der Waals surface area contributed by atoms with Gasteiger partial charge in [0.2, 0.25) is 0 Å². The highest BCUT2D eigenvalue weighted by atomic mass is 28.4. The van der Waals surface area contributed by atoms with E-state index in [2.05, 4.69) is 26.6 Å². The molecule has 0 atom stereocenters. The molecule has 125 heavy (non-hydrogen) atoms. The Morgan fingerprint density at radius 3 is 0.744 bits per heavy atom. The molecule has 0 unspecified atom stereocenters. The van der Waals surface area contributed by atoms with E-state index in [1.807, 2.05) is 113 Å². The maximum Gasteiger partial charge on any atom is 0.520 e. The maximum absolute atomic E-state index is 5.83. The zero-order chi connectivity index (χ0) is 95.8. The maximum atomic E-state index is 5.83. The van der Waals surface area contributed by atoms with Gasteiger partial charge in [-0.3, -0.25) is 0 Å². The molecule has 0 amide bonds. The van der Waals surface area contributed by atoms with E-state index in [1.165, 1.54) is 85.5 Å². The van der Waals surface area contributed by atoms with Crippen LogP contribution >= 0.6 is 0 Å². The fourth-order valence-electron chi connectivity index (χ4n) is 12.3. The van der Waals surface area contributed by atoms with Crippen LogP contribution in [0, 0.1) is 0 Å². The normalized spacial score (nSPS) is 13.7. The largest absolute Gasteiger partial charge is 0.520 e. The van der Waals surface area contributed by atoms with E-state index in [1.54, 1.807) is 85.3 Å². The number of nitrogens with one attached hydrogen (secondary N) is 5. The Hall–Kier alpha value is -0.508. The molecular weight excluding hydrogens is 1780 g/mol. The number of hydrogen-bond donors (Lipinski definition) is 11. The summed E-state index contributed by atoms with van der Waals surface area (Å²) in [5.74, 6) is 0. The number of anilines is 1. The minimum absolute atomic E-state index is 0.316. The first kappa shape index (κ1) is 135. The van der Waals surface area contributed by atoms with Crippen molar-refractivity contribution >= 4 is 84.9 Å². The monoisotopic (exact) mass is 1970 g/mol. The Morgan fingerprint density at radius 2 is 0.496 bits per heavy atom. The smallest absolute Gasteiger partial charge is 0.381 e. The van der Waals surface area contributed by atoms with Crippen molar-refractivity contribution < 1.29 is 120 Å². The SMILES string of the molecule is CCO[Si](CCCN)(OCC)OCC.CCO[Si](CCCNCCN)(OCC)OCC.CCO[Si](CN)(OCC)OCC.CCO[Si](CNC1CCCCC1)(OCC)OCC.CO[Si](CCCN)(OC)OC.CO[Si](CCCNCCN)(OC)OC.CO[Si](CN)(OC)OC.CO[Si](CNC1CCCCC1)(OC)OC.CO[Si](CNc1ccccc1)(OC)OC. The Balaban J connectivity index is -0.000000321. The van der Waals surface area contributed by atoms with Gasteiger partial charge in [-0.15, -0.1) is 0 Å². The van der Waals surface area contributed by atoms with E-state index in [-0.39, 0.29) is 0 Å². The first-order valence-electron chi connectivity index (χ1n) is 45.1. The molecule has 1 aromatic rings. The summed E-state index contributed by atoms with van der Waals surface area (Å²) < 4.78 is 146.